The maximum Gasteiger partial charge on any atom is 0.193 e. The highest BCUT2D eigenvalue weighted by molar-refractivity contribution is 7.15. The van der Waals surface area contributed by atoms with Crippen molar-refractivity contribution in [1.82, 2.24) is 9.38 Å². The number of hydrogen-bond acceptors (Lipinski definition) is 5. The van der Waals surface area contributed by atoms with Gasteiger partial charge >= 0.3 is 0 Å². The zero-order valence-corrected chi connectivity index (χ0v) is 11.6. The van der Waals surface area contributed by atoms with Crippen molar-refractivity contribution in [3.05, 3.63) is 23.5 Å². The minimum atomic E-state index is -0.685. The molecule has 6 heteroatoms. The van der Waals surface area contributed by atoms with Gasteiger partial charge in [-0.15, -0.1) is 11.3 Å². The third-order valence-corrected chi connectivity index (χ3v) is 4.45. The zero-order valence-electron chi connectivity index (χ0n) is 10.8. The molecular formula is C13H16N2O3S. The Hall–Kier alpha value is -1.24. The summed E-state index contributed by atoms with van der Waals surface area (Å²) in [6.45, 7) is 1.16. The quantitative estimate of drug-likeness (QED) is 0.855. The van der Waals surface area contributed by atoms with Crippen molar-refractivity contribution in [2.45, 2.75) is 24.9 Å². The number of carbonyl (C=O) groups is 1. The molecule has 2 aromatic rings. The van der Waals surface area contributed by atoms with Gasteiger partial charge < -0.3 is 9.47 Å². The van der Waals surface area contributed by atoms with Crippen LogP contribution in [0, 0.1) is 0 Å². The Labute approximate surface area is 115 Å². The second-order valence-corrected chi connectivity index (χ2v) is 5.61. The summed E-state index contributed by atoms with van der Waals surface area (Å²) in [6, 6.07) is 0. The first-order chi connectivity index (χ1) is 9.23. The van der Waals surface area contributed by atoms with Crippen molar-refractivity contribution in [3.8, 4) is 0 Å². The fourth-order valence-electron chi connectivity index (χ4n) is 2.48. The summed E-state index contributed by atoms with van der Waals surface area (Å²) < 4.78 is 12.8. The third-order valence-electron chi connectivity index (χ3n) is 3.68. The molecule has 3 rings (SSSR count). The lowest BCUT2D eigenvalue weighted by Crippen LogP contribution is -2.46. The van der Waals surface area contributed by atoms with Crippen molar-refractivity contribution >= 4 is 22.1 Å². The van der Waals surface area contributed by atoms with Crippen molar-refractivity contribution in [2.75, 3.05) is 20.3 Å². The molecule has 0 aromatic carbocycles. The summed E-state index contributed by atoms with van der Waals surface area (Å²) >= 11 is 1.56. The molecule has 19 heavy (non-hydrogen) atoms. The maximum absolute atomic E-state index is 12.5. The fourth-order valence-corrected chi connectivity index (χ4v) is 3.20. The van der Waals surface area contributed by atoms with Crippen molar-refractivity contribution in [3.63, 3.8) is 0 Å². The van der Waals surface area contributed by atoms with E-state index in [2.05, 4.69) is 4.98 Å². The van der Waals surface area contributed by atoms with Gasteiger partial charge in [0.2, 0.25) is 0 Å². The van der Waals surface area contributed by atoms with Gasteiger partial charge in [0, 0.05) is 50.9 Å². The molecule has 0 unspecified atom stereocenters. The van der Waals surface area contributed by atoms with E-state index in [0.29, 0.717) is 32.5 Å². The average Bonchev–Trinajstić information content (AvgIpc) is 3.00. The predicted molar refractivity (Wildman–Crippen MR) is 71.6 cm³/mol. The monoisotopic (exact) mass is 280 g/mol. The Kier molecular flexibility index (Phi) is 3.38. The summed E-state index contributed by atoms with van der Waals surface area (Å²) in [6.07, 6.45) is 5.44. The molecule has 0 saturated carbocycles. The van der Waals surface area contributed by atoms with Crippen molar-refractivity contribution in [2.24, 2.45) is 0 Å². The highest BCUT2D eigenvalue weighted by Gasteiger charge is 2.39. The zero-order chi connectivity index (χ0) is 13.3. The molecule has 0 aliphatic carbocycles. The molecule has 0 amide bonds. The largest absolute Gasteiger partial charge is 0.381 e. The number of ether oxygens (including phenoxy) is 2. The first-order valence-corrected chi connectivity index (χ1v) is 7.19. The summed E-state index contributed by atoms with van der Waals surface area (Å²) in [5.41, 5.74) is 0.120. The molecule has 0 bridgehead atoms. The summed E-state index contributed by atoms with van der Waals surface area (Å²) in [5.74, 6) is 0.101. The standard InChI is InChI=1S/C13H16N2O3S/c1-17-13(2-5-18-6-3-13)11(16)8-10-9-15-4-7-19-12(15)14-10/h4,7,9H,2-3,5-6,8H2,1H3. The van der Waals surface area contributed by atoms with Crippen LogP contribution in [0.1, 0.15) is 18.5 Å². The van der Waals surface area contributed by atoms with Gasteiger partial charge in [0.05, 0.1) is 12.1 Å². The van der Waals surface area contributed by atoms with Crippen molar-refractivity contribution in [1.29, 1.82) is 0 Å². The van der Waals surface area contributed by atoms with Gasteiger partial charge in [-0.1, -0.05) is 0 Å². The number of fused-ring (bicyclic) bond motifs is 1. The van der Waals surface area contributed by atoms with Crippen LogP contribution in [0.15, 0.2) is 17.8 Å². The number of thiazole rings is 1. The van der Waals surface area contributed by atoms with E-state index < -0.39 is 5.60 Å². The lowest BCUT2D eigenvalue weighted by molar-refractivity contribution is -0.152. The van der Waals surface area contributed by atoms with Crippen LogP contribution in [-0.2, 0) is 20.7 Å². The van der Waals surface area contributed by atoms with Crippen molar-refractivity contribution < 1.29 is 14.3 Å². The minimum absolute atomic E-state index is 0.101. The van der Waals surface area contributed by atoms with Crippen LogP contribution in [0.25, 0.3) is 4.96 Å². The van der Waals surface area contributed by atoms with Crippen LogP contribution in [0.5, 0.6) is 0 Å². The van der Waals surface area contributed by atoms with Gasteiger partial charge in [-0.25, -0.2) is 4.98 Å². The Morgan fingerprint density at radius 3 is 3.05 bits per heavy atom. The molecule has 1 aliphatic rings. The van der Waals surface area contributed by atoms with E-state index in [1.54, 1.807) is 18.4 Å². The number of carbonyl (C=O) groups excluding carboxylic acids is 1. The van der Waals surface area contributed by atoms with Crippen LogP contribution >= 0.6 is 11.3 Å². The van der Waals surface area contributed by atoms with E-state index >= 15 is 0 Å². The van der Waals surface area contributed by atoms with Crippen LogP contribution in [0.3, 0.4) is 0 Å². The summed E-state index contributed by atoms with van der Waals surface area (Å²) in [5, 5.41) is 1.98. The molecule has 3 heterocycles. The number of ketones is 1. The Morgan fingerprint density at radius 2 is 2.37 bits per heavy atom. The number of imidazole rings is 1. The highest BCUT2D eigenvalue weighted by Crippen LogP contribution is 2.27. The van der Waals surface area contributed by atoms with E-state index in [9.17, 15) is 4.79 Å². The molecule has 0 atom stereocenters. The molecule has 0 N–H and O–H groups in total. The van der Waals surface area contributed by atoms with Crippen LogP contribution < -0.4 is 0 Å². The Morgan fingerprint density at radius 1 is 1.58 bits per heavy atom. The Balaban J connectivity index is 1.77. The molecule has 2 aromatic heterocycles. The number of Topliss-reactive ketones (excluding diaryl/α,β-unsaturated/α-hetero) is 1. The van der Waals surface area contributed by atoms with Gasteiger partial charge in [-0.3, -0.25) is 9.20 Å². The smallest absolute Gasteiger partial charge is 0.193 e. The molecule has 1 aliphatic heterocycles. The second-order valence-electron chi connectivity index (χ2n) is 4.74. The SMILES string of the molecule is COC1(C(=O)Cc2cn3ccsc3n2)CCOCC1. The number of nitrogens with zero attached hydrogens (tertiary/aromatic N) is 2. The second kappa shape index (κ2) is 5.03. The molecule has 0 radical (unpaired) electrons. The molecule has 0 spiro atoms. The van der Waals surface area contributed by atoms with Crippen LogP contribution in [-0.4, -0.2) is 41.1 Å². The number of aromatic nitrogens is 2. The fraction of sp³-hybridized carbons (Fsp3) is 0.538. The minimum Gasteiger partial charge on any atom is -0.381 e. The average molecular weight is 280 g/mol. The van der Waals surface area contributed by atoms with E-state index in [-0.39, 0.29) is 5.78 Å². The number of methoxy groups -OCH3 is 1. The van der Waals surface area contributed by atoms with E-state index in [1.807, 2.05) is 22.2 Å². The number of rotatable bonds is 4. The Bertz CT molecular complexity index is 555. The first kappa shape index (κ1) is 12.8. The van der Waals surface area contributed by atoms with E-state index in [4.69, 9.17) is 9.47 Å². The molecule has 5 nitrogen and oxygen atoms in total. The molecule has 1 fully saturated rings. The normalized spacial score (nSPS) is 18.8. The summed E-state index contributed by atoms with van der Waals surface area (Å²) in [4.78, 5) is 17.9. The molecular weight excluding hydrogens is 264 g/mol. The topological polar surface area (TPSA) is 52.8 Å². The van der Waals surface area contributed by atoms with Gasteiger partial charge in [-0.2, -0.15) is 0 Å². The van der Waals surface area contributed by atoms with Gasteiger partial charge in [-0.05, 0) is 0 Å². The predicted octanol–water partition coefficient (Wildman–Crippen LogP) is 1.70. The lowest BCUT2D eigenvalue weighted by Gasteiger charge is -2.34. The molecule has 102 valence electrons. The third kappa shape index (κ3) is 2.31. The van der Waals surface area contributed by atoms with E-state index in [0.717, 1.165) is 10.7 Å². The van der Waals surface area contributed by atoms with Gasteiger partial charge in [0.15, 0.2) is 10.7 Å². The van der Waals surface area contributed by atoms with Gasteiger partial charge in [0.25, 0.3) is 0 Å². The van der Waals surface area contributed by atoms with Gasteiger partial charge in [0.1, 0.15) is 5.60 Å². The first-order valence-electron chi connectivity index (χ1n) is 6.31. The lowest BCUT2D eigenvalue weighted by atomic mass is 9.87. The number of hydrogen-bond donors (Lipinski definition) is 0. The maximum atomic E-state index is 12.5. The van der Waals surface area contributed by atoms with Crippen LogP contribution in [0.4, 0.5) is 0 Å². The summed E-state index contributed by atoms with van der Waals surface area (Å²) in [7, 11) is 1.61. The van der Waals surface area contributed by atoms with Crippen LogP contribution in [0.2, 0.25) is 0 Å². The highest BCUT2D eigenvalue weighted by atomic mass is 32.1. The molecule has 1 saturated heterocycles. The van der Waals surface area contributed by atoms with E-state index in [1.165, 1.54) is 0 Å².